The number of aryl methyl sites for hydroxylation is 1. The number of benzene rings is 1. The Morgan fingerprint density at radius 2 is 2.00 bits per heavy atom. The first-order valence-corrected chi connectivity index (χ1v) is 7.38. The zero-order valence-electron chi connectivity index (χ0n) is 11.4. The number of halogens is 1. The number of amides is 1. The second-order valence-electron chi connectivity index (χ2n) is 5.09. The molecule has 0 radical (unpaired) electrons. The molecule has 0 spiro atoms. The molecule has 1 aliphatic carbocycles. The molecule has 0 bridgehead atoms. The Kier molecular flexibility index (Phi) is 3.74. The van der Waals surface area contributed by atoms with Gasteiger partial charge in [-0.25, -0.2) is 4.99 Å². The van der Waals surface area contributed by atoms with Gasteiger partial charge in [0.05, 0.1) is 12.3 Å². The number of aliphatic imine (C=N–C) groups is 1. The molecule has 5 heteroatoms. The normalized spacial score (nSPS) is 21.0. The van der Waals surface area contributed by atoms with Gasteiger partial charge in [0.25, 0.3) is 0 Å². The van der Waals surface area contributed by atoms with Crippen LogP contribution in [0, 0.1) is 12.8 Å². The lowest BCUT2D eigenvalue weighted by Crippen LogP contribution is -2.45. The minimum Gasteiger partial charge on any atom is -0.282 e. The number of rotatable bonds is 2. The van der Waals surface area contributed by atoms with Crippen LogP contribution in [0.15, 0.2) is 52.5 Å². The van der Waals surface area contributed by atoms with Gasteiger partial charge in [0.2, 0.25) is 11.0 Å². The Hall–Kier alpha value is -1.78. The van der Waals surface area contributed by atoms with Crippen molar-refractivity contribution in [2.24, 2.45) is 10.9 Å². The third-order valence-corrected chi connectivity index (χ3v) is 4.07. The van der Waals surface area contributed by atoms with Gasteiger partial charge in [-0.05, 0) is 42.9 Å². The van der Waals surface area contributed by atoms with Gasteiger partial charge >= 0.3 is 0 Å². The van der Waals surface area contributed by atoms with Gasteiger partial charge in [0.1, 0.15) is 5.92 Å². The molecule has 1 aromatic rings. The molecule has 1 aromatic carbocycles. The van der Waals surface area contributed by atoms with E-state index in [1.807, 2.05) is 31.2 Å². The van der Waals surface area contributed by atoms with Crippen molar-refractivity contribution in [2.45, 2.75) is 13.5 Å². The zero-order valence-corrected chi connectivity index (χ0v) is 13.0. The second kappa shape index (κ2) is 5.54. The van der Waals surface area contributed by atoms with Gasteiger partial charge in [-0.1, -0.05) is 41.4 Å². The first kappa shape index (κ1) is 14.2. The quantitative estimate of drug-likeness (QED) is 0.784. The van der Waals surface area contributed by atoms with Crippen LogP contribution < -0.4 is 0 Å². The second-order valence-corrected chi connectivity index (χ2v) is 5.89. The molecule has 1 aliphatic heterocycles. The number of carbonyl (C=O) groups excluding carboxylic acids is 1. The molecule has 3 nitrogen and oxygen atoms in total. The lowest BCUT2D eigenvalue weighted by atomic mass is 9.95. The summed E-state index contributed by atoms with van der Waals surface area (Å²) < 4.78 is 0. The lowest BCUT2D eigenvalue weighted by Gasteiger charge is -2.30. The average molecular weight is 317 g/mol. The summed E-state index contributed by atoms with van der Waals surface area (Å²) in [4.78, 5) is 18.5. The van der Waals surface area contributed by atoms with Crippen LogP contribution in [-0.2, 0) is 11.3 Å². The molecule has 0 saturated carbocycles. The Morgan fingerprint density at radius 3 is 2.71 bits per heavy atom. The third-order valence-electron chi connectivity index (χ3n) is 3.51. The van der Waals surface area contributed by atoms with Gasteiger partial charge in [0, 0.05) is 5.03 Å². The van der Waals surface area contributed by atoms with Crippen molar-refractivity contribution >= 4 is 40.6 Å². The summed E-state index contributed by atoms with van der Waals surface area (Å²) in [6, 6.07) is 8.02. The predicted molar refractivity (Wildman–Crippen MR) is 88.3 cm³/mol. The fourth-order valence-electron chi connectivity index (χ4n) is 2.33. The summed E-state index contributed by atoms with van der Waals surface area (Å²) in [5.41, 5.74) is 2.87. The van der Waals surface area contributed by atoms with Crippen LogP contribution in [0.2, 0.25) is 0 Å². The van der Waals surface area contributed by atoms with Crippen molar-refractivity contribution in [3.63, 3.8) is 0 Å². The molecule has 1 heterocycles. The number of nitrogens with zero attached hydrogens (tertiary/aromatic N) is 2. The van der Waals surface area contributed by atoms with E-state index >= 15 is 0 Å². The van der Waals surface area contributed by atoms with Gasteiger partial charge in [-0.3, -0.25) is 9.69 Å². The van der Waals surface area contributed by atoms with Gasteiger partial charge in [-0.2, -0.15) is 0 Å². The molecular weight excluding hydrogens is 304 g/mol. The van der Waals surface area contributed by atoms with E-state index in [9.17, 15) is 4.79 Å². The molecule has 0 N–H and O–H groups in total. The largest absolute Gasteiger partial charge is 0.282 e. The maximum absolute atomic E-state index is 12.6. The molecule has 0 aromatic heterocycles. The zero-order chi connectivity index (χ0) is 15.0. The summed E-state index contributed by atoms with van der Waals surface area (Å²) in [6.07, 6.45) is 5.19. The molecule has 1 unspecified atom stereocenters. The number of allylic oxidation sites excluding steroid dienone is 3. The molecule has 1 atom stereocenters. The number of hydrogen-bond acceptors (Lipinski definition) is 2. The summed E-state index contributed by atoms with van der Waals surface area (Å²) >= 11 is 11.2. The van der Waals surface area contributed by atoms with Gasteiger partial charge in [0.15, 0.2) is 0 Å². The van der Waals surface area contributed by atoms with Gasteiger partial charge < -0.3 is 0 Å². The van der Waals surface area contributed by atoms with E-state index in [0.29, 0.717) is 22.4 Å². The van der Waals surface area contributed by atoms with E-state index in [1.165, 1.54) is 10.5 Å². The minimum absolute atomic E-state index is 0.0759. The molecule has 21 heavy (non-hydrogen) atoms. The van der Waals surface area contributed by atoms with Crippen molar-refractivity contribution in [1.82, 2.24) is 4.90 Å². The first-order valence-electron chi connectivity index (χ1n) is 6.59. The highest BCUT2D eigenvalue weighted by molar-refractivity contribution is 7.80. The monoisotopic (exact) mass is 316 g/mol. The van der Waals surface area contributed by atoms with Crippen LogP contribution in [0.1, 0.15) is 11.1 Å². The molecule has 106 valence electrons. The van der Waals surface area contributed by atoms with Crippen LogP contribution in [0.25, 0.3) is 0 Å². The van der Waals surface area contributed by atoms with Crippen LogP contribution in [0.5, 0.6) is 0 Å². The molecule has 0 fully saturated rings. The lowest BCUT2D eigenvalue weighted by molar-refractivity contribution is -0.128. The maximum Gasteiger partial charge on any atom is 0.242 e. The molecular formula is C16H13ClN2OS. The Bertz CT molecular complexity index is 703. The Morgan fingerprint density at radius 1 is 1.29 bits per heavy atom. The van der Waals surface area contributed by atoms with Crippen LogP contribution >= 0.6 is 23.8 Å². The SMILES string of the molecule is Cc1ccc(CN2C(=O)C3C=C(Cl)C=CC3=NC2=S)cc1. The highest BCUT2D eigenvalue weighted by atomic mass is 35.5. The summed E-state index contributed by atoms with van der Waals surface area (Å²) in [7, 11) is 0. The first-order chi connectivity index (χ1) is 10.0. The molecule has 1 amide bonds. The number of carbonyl (C=O) groups is 1. The Balaban J connectivity index is 1.88. The van der Waals surface area contributed by atoms with Crippen molar-refractivity contribution in [1.29, 1.82) is 0 Å². The summed E-state index contributed by atoms with van der Waals surface area (Å²) in [5.74, 6) is -0.507. The van der Waals surface area contributed by atoms with Gasteiger partial charge in [-0.15, -0.1) is 0 Å². The topological polar surface area (TPSA) is 32.7 Å². The third kappa shape index (κ3) is 2.82. The molecule has 2 aliphatic rings. The van der Waals surface area contributed by atoms with E-state index in [0.717, 1.165) is 5.56 Å². The highest BCUT2D eigenvalue weighted by Crippen LogP contribution is 2.25. The van der Waals surface area contributed by atoms with E-state index in [1.54, 1.807) is 18.2 Å². The van der Waals surface area contributed by atoms with Crippen molar-refractivity contribution in [2.75, 3.05) is 0 Å². The number of hydrogen-bond donors (Lipinski definition) is 0. The van der Waals surface area contributed by atoms with E-state index < -0.39 is 5.92 Å². The fourth-order valence-corrected chi connectivity index (χ4v) is 2.78. The van der Waals surface area contributed by atoms with Crippen molar-refractivity contribution in [3.05, 3.63) is 58.7 Å². The number of fused-ring (bicyclic) bond motifs is 1. The smallest absolute Gasteiger partial charge is 0.242 e. The van der Waals surface area contributed by atoms with Crippen LogP contribution in [-0.4, -0.2) is 21.6 Å². The summed E-state index contributed by atoms with van der Waals surface area (Å²) in [5, 5.41) is 0.860. The minimum atomic E-state index is -0.431. The number of thiocarbonyl (C=S) groups is 1. The highest BCUT2D eigenvalue weighted by Gasteiger charge is 2.34. The average Bonchev–Trinajstić information content (AvgIpc) is 2.46. The molecule has 0 saturated heterocycles. The van der Waals surface area contributed by atoms with Crippen molar-refractivity contribution in [3.8, 4) is 0 Å². The predicted octanol–water partition coefficient (Wildman–Crippen LogP) is 3.37. The van der Waals surface area contributed by atoms with E-state index in [4.69, 9.17) is 23.8 Å². The van der Waals surface area contributed by atoms with E-state index in [-0.39, 0.29) is 5.91 Å². The van der Waals surface area contributed by atoms with Crippen LogP contribution in [0.4, 0.5) is 0 Å². The van der Waals surface area contributed by atoms with E-state index in [2.05, 4.69) is 4.99 Å². The van der Waals surface area contributed by atoms with Crippen LogP contribution in [0.3, 0.4) is 0 Å². The van der Waals surface area contributed by atoms with Crippen molar-refractivity contribution < 1.29 is 4.79 Å². The standard InChI is InChI=1S/C16H13ClN2OS/c1-10-2-4-11(5-3-10)9-19-15(20)13-8-12(17)6-7-14(13)18-16(19)21/h2-8,13H,9H2,1H3. The summed E-state index contributed by atoms with van der Waals surface area (Å²) in [6.45, 7) is 2.46. The molecule has 3 rings (SSSR count). The fraction of sp³-hybridized carbons (Fsp3) is 0.188. The maximum atomic E-state index is 12.6. The Labute approximate surface area is 133 Å².